The van der Waals surface area contributed by atoms with Gasteiger partial charge in [-0.15, -0.1) is 0 Å². The second-order valence-corrected chi connectivity index (χ2v) is 5.47. The highest BCUT2D eigenvalue weighted by molar-refractivity contribution is 5.02. The number of hydrogen-bond donors (Lipinski definition) is 2. The van der Waals surface area contributed by atoms with E-state index < -0.39 is 0 Å². The van der Waals surface area contributed by atoms with Crippen molar-refractivity contribution >= 4 is 0 Å². The Labute approximate surface area is 86.8 Å². The van der Waals surface area contributed by atoms with Gasteiger partial charge in [0.15, 0.2) is 0 Å². The number of hydrogen-bond acceptors (Lipinski definition) is 3. The van der Waals surface area contributed by atoms with Crippen molar-refractivity contribution in [1.29, 1.82) is 0 Å². The molecule has 0 bridgehead atoms. The maximum Gasteiger partial charge on any atom is 0.0746 e. The Morgan fingerprint density at radius 2 is 2.07 bits per heavy atom. The Morgan fingerprint density at radius 1 is 1.50 bits per heavy atom. The van der Waals surface area contributed by atoms with Gasteiger partial charge in [-0.05, 0) is 20.3 Å². The summed E-state index contributed by atoms with van der Waals surface area (Å²) >= 11 is 0. The number of methoxy groups -OCH3 is 1. The van der Waals surface area contributed by atoms with E-state index in [9.17, 15) is 5.11 Å². The van der Waals surface area contributed by atoms with Gasteiger partial charge < -0.3 is 15.2 Å². The van der Waals surface area contributed by atoms with Gasteiger partial charge in [0.1, 0.15) is 0 Å². The minimum absolute atomic E-state index is 0.00379. The molecule has 2 unspecified atom stereocenters. The highest BCUT2D eigenvalue weighted by Gasteiger charge is 2.47. The van der Waals surface area contributed by atoms with Crippen LogP contribution in [-0.4, -0.2) is 36.5 Å². The zero-order valence-corrected chi connectivity index (χ0v) is 9.92. The molecule has 1 aliphatic carbocycles. The highest BCUT2D eigenvalue weighted by Crippen LogP contribution is 2.40. The first-order valence-electron chi connectivity index (χ1n) is 5.26. The normalized spacial score (nSPS) is 31.3. The van der Waals surface area contributed by atoms with Crippen LogP contribution in [0.2, 0.25) is 0 Å². The summed E-state index contributed by atoms with van der Waals surface area (Å²) in [6.07, 6.45) is 0.693. The van der Waals surface area contributed by atoms with Crippen LogP contribution in [0.5, 0.6) is 0 Å². The van der Waals surface area contributed by atoms with Crippen molar-refractivity contribution in [3.8, 4) is 0 Å². The Hall–Kier alpha value is -0.120. The molecule has 3 heteroatoms. The van der Waals surface area contributed by atoms with E-state index in [1.807, 2.05) is 0 Å². The van der Waals surface area contributed by atoms with E-state index in [2.05, 4.69) is 33.0 Å². The molecule has 1 saturated carbocycles. The van der Waals surface area contributed by atoms with Crippen LogP contribution in [-0.2, 0) is 4.74 Å². The zero-order valence-electron chi connectivity index (χ0n) is 9.92. The lowest BCUT2D eigenvalue weighted by atomic mass is 9.64. The fourth-order valence-corrected chi connectivity index (χ4v) is 1.69. The number of aliphatic hydroxyl groups is 1. The summed E-state index contributed by atoms with van der Waals surface area (Å²) in [5.74, 6) is 0. The molecular weight excluding hydrogens is 178 g/mol. The molecule has 1 rings (SSSR count). The van der Waals surface area contributed by atoms with Crippen LogP contribution < -0.4 is 5.32 Å². The molecular formula is C11H23NO2. The molecule has 0 radical (unpaired) electrons. The molecule has 0 amide bonds. The van der Waals surface area contributed by atoms with E-state index in [4.69, 9.17) is 4.74 Å². The van der Waals surface area contributed by atoms with Gasteiger partial charge in [-0.2, -0.15) is 0 Å². The van der Waals surface area contributed by atoms with Crippen LogP contribution in [0.25, 0.3) is 0 Å². The number of ether oxygens (including phenoxy) is 1. The molecule has 0 spiro atoms. The van der Waals surface area contributed by atoms with Crippen molar-refractivity contribution in [2.75, 3.05) is 13.7 Å². The number of nitrogens with one attached hydrogen (secondary N) is 1. The minimum atomic E-state index is -0.161. The van der Waals surface area contributed by atoms with Gasteiger partial charge >= 0.3 is 0 Å². The molecule has 0 aromatic carbocycles. The molecule has 0 saturated heterocycles. The van der Waals surface area contributed by atoms with Gasteiger partial charge in [-0.3, -0.25) is 0 Å². The molecule has 3 nitrogen and oxygen atoms in total. The van der Waals surface area contributed by atoms with E-state index in [0.717, 1.165) is 13.0 Å². The molecule has 1 fully saturated rings. The van der Waals surface area contributed by atoms with E-state index >= 15 is 0 Å². The van der Waals surface area contributed by atoms with Crippen LogP contribution in [0.15, 0.2) is 0 Å². The van der Waals surface area contributed by atoms with E-state index in [1.54, 1.807) is 7.11 Å². The smallest absolute Gasteiger partial charge is 0.0746 e. The molecule has 0 aliphatic heterocycles. The zero-order chi connectivity index (χ0) is 11.0. The third-order valence-electron chi connectivity index (χ3n) is 3.54. The van der Waals surface area contributed by atoms with Gasteiger partial charge in [-0.25, -0.2) is 0 Å². The largest absolute Gasteiger partial charge is 0.392 e. The van der Waals surface area contributed by atoms with Gasteiger partial charge in [-0.1, -0.05) is 13.8 Å². The lowest BCUT2D eigenvalue weighted by Gasteiger charge is -2.50. The lowest BCUT2D eigenvalue weighted by molar-refractivity contribution is -0.0804. The monoisotopic (exact) mass is 201 g/mol. The molecule has 2 atom stereocenters. The van der Waals surface area contributed by atoms with Gasteiger partial charge in [0.05, 0.1) is 11.7 Å². The standard InChI is InChI=1S/C11H23NO2/c1-10(2,14-5)7-12-8-6-9(13)11(8,3)4/h8-9,12-13H,6-7H2,1-5H3. The van der Waals surface area contributed by atoms with Crippen molar-refractivity contribution in [1.82, 2.24) is 5.32 Å². The second kappa shape index (κ2) is 3.80. The fourth-order valence-electron chi connectivity index (χ4n) is 1.69. The molecule has 14 heavy (non-hydrogen) atoms. The first kappa shape index (κ1) is 12.0. The summed E-state index contributed by atoms with van der Waals surface area (Å²) in [6, 6.07) is 0.409. The topological polar surface area (TPSA) is 41.5 Å². The Balaban J connectivity index is 2.34. The van der Waals surface area contributed by atoms with Gasteiger partial charge in [0, 0.05) is 25.1 Å². The van der Waals surface area contributed by atoms with Crippen LogP contribution in [0, 0.1) is 5.41 Å². The average molecular weight is 201 g/mol. The summed E-state index contributed by atoms with van der Waals surface area (Å²) in [7, 11) is 1.72. The third-order valence-corrected chi connectivity index (χ3v) is 3.54. The maximum atomic E-state index is 9.56. The van der Waals surface area contributed by atoms with Crippen LogP contribution in [0.3, 0.4) is 0 Å². The fraction of sp³-hybridized carbons (Fsp3) is 1.00. The molecule has 0 aromatic heterocycles. The Morgan fingerprint density at radius 3 is 2.43 bits per heavy atom. The number of rotatable bonds is 4. The summed E-state index contributed by atoms with van der Waals surface area (Å²) in [5.41, 5.74) is -0.125. The minimum Gasteiger partial charge on any atom is -0.392 e. The van der Waals surface area contributed by atoms with Crippen molar-refractivity contribution < 1.29 is 9.84 Å². The maximum absolute atomic E-state index is 9.56. The molecule has 0 heterocycles. The van der Waals surface area contributed by atoms with E-state index in [-0.39, 0.29) is 17.1 Å². The quantitative estimate of drug-likeness (QED) is 0.717. The SMILES string of the molecule is COC(C)(C)CNC1CC(O)C1(C)C. The number of aliphatic hydroxyl groups excluding tert-OH is 1. The highest BCUT2D eigenvalue weighted by atomic mass is 16.5. The van der Waals surface area contributed by atoms with Crippen molar-refractivity contribution in [2.45, 2.75) is 51.9 Å². The predicted molar refractivity (Wildman–Crippen MR) is 57.3 cm³/mol. The van der Waals surface area contributed by atoms with Crippen molar-refractivity contribution in [3.05, 3.63) is 0 Å². The van der Waals surface area contributed by atoms with Crippen LogP contribution >= 0.6 is 0 Å². The molecule has 84 valence electrons. The summed E-state index contributed by atoms with van der Waals surface area (Å²) in [6.45, 7) is 9.13. The summed E-state index contributed by atoms with van der Waals surface area (Å²) in [4.78, 5) is 0. The van der Waals surface area contributed by atoms with Crippen molar-refractivity contribution in [2.24, 2.45) is 5.41 Å². The average Bonchev–Trinajstić information content (AvgIpc) is 2.12. The molecule has 1 aliphatic rings. The van der Waals surface area contributed by atoms with E-state index in [0.29, 0.717) is 6.04 Å². The van der Waals surface area contributed by atoms with Gasteiger partial charge in [0.2, 0.25) is 0 Å². The Bertz CT molecular complexity index is 201. The predicted octanol–water partition coefficient (Wildman–Crippen LogP) is 1.16. The molecule has 0 aromatic rings. The van der Waals surface area contributed by atoms with Gasteiger partial charge in [0.25, 0.3) is 0 Å². The van der Waals surface area contributed by atoms with E-state index in [1.165, 1.54) is 0 Å². The summed E-state index contributed by atoms with van der Waals surface area (Å²) < 4.78 is 5.33. The lowest BCUT2D eigenvalue weighted by Crippen LogP contribution is -2.61. The van der Waals surface area contributed by atoms with Crippen molar-refractivity contribution in [3.63, 3.8) is 0 Å². The first-order chi connectivity index (χ1) is 6.29. The Kier molecular flexibility index (Phi) is 3.24. The summed E-state index contributed by atoms with van der Waals surface area (Å²) in [5, 5.41) is 13.0. The second-order valence-electron chi connectivity index (χ2n) is 5.47. The molecule has 2 N–H and O–H groups in total. The first-order valence-corrected chi connectivity index (χ1v) is 5.26. The van der Waals surface area contributed by atoms with Crippen LogP contribution in [0.1, 0.15) is 34.1 Å². The van der Waals surface area contributed by atoms with Crippen LogP contribution in [0.4, 0.5) is 0 Å². The third kappa shape index (κ3) is 2.27.